The van der Waals surface area contributed by atoms with E-state index < -0.39 is 12.0 Å². The third kappa shape index (κ3) is 2.98. The van der Waals surface area contributed by atoms with Gasteiger partial charge in [-0.05, 0) is 22.6 Å². The minimum absolute atomic E-state index is 0.0201. The molecule has 19 heavy (non-hydrogen) atoms. The average molecular weight is 261 g/mol. The summed E-state index contributed by atoms with van der Waals surface area (Å²) in [5.74, 6) is -0.616. The SMILES string of the molecule is CC(C)(C)c1ccc(C(F)c2ccncc2F)cc1. The molecular formula is C16H17F2N. The number of aromatic nitrogens is 1. The normalized spacial score (nSPS) is 13.3. The minimum Gasteiger partial charge on any atom is -0.262 e. The molecule has 1 unspecified atom stereocenters. The topological polar surface area (TPSA) is 12.9 Å². The molecule has 0 spiro atoms. The molecule has 0 fully saturated rings. The van der Waals surface area contributed by atoms with Gasteiger partial charge in [-0.3, -0.25) is 4.98 Å². The van der Waals surface area contributed by atoms with Gasteiger partial charge in [0.2, 0.25) is 0 Å². The maximum Gasteiger partial charge on any atom is 0.153 e. The first-order valence-electron chi connectivity index (χ1n) is 6.23. The Bertz CT molecular complexity index is 556. The highest BCUT2D eigenvalue weighted by atomic mass is 19.1. The van der Waals surface area contributed by atoms with Gasteiger partial charge < -0.3 is 0 Å². The smallest absolute Gasteiger partial charge is 0.153 e. The van der Waals surface area contributed by atoms with Crippen LogP contribution in [0.2, 0.25) is 0 Å². The molecule has 0 aliphatic rings. The van der Waals surface area contributed by atoms with Crippen molar-refractivity contribution < 1.29 is 8.78 Å². The lowest BCUT2D eigenvalue weighted by atomic mass is 9.86. The Hall–Kier alpha value is -1.77. The van der Waals surface area contributed by atoms with Crippen molar-refractivity contribution in [2.24, 2.45) is 0 Å². The van der Waals surface area contributed by atoms with Crippen LogP contribution >= 0.6 is 0 Å². The number of pyridine rings is 1. The Balaban J connectivity index is 2.31. The Labute approximate surface area is 112 Å². The van der Waals surface area contributed by atoms with Crippen molar-refractivity contribution in [3.63, 3.8) is 0 Å². The molecule has 0 N–H and O–H groups in total. The zero-order chi connectivity index (χ0) is 14.0. The van der Waals surface area contributed by atoms with Gasteiger partial charge in [-0.15, -0.1) is 0 Å². The van der Waals surface area contributed by atoms with Crippen LogP contribution in [0.3, 0.4) is 0 Å². The molecule has 0 aliphatic heterocycles. The molecule has 0 amide bonds. The highest BCUT2D eigenvalue weighted by Gasteiger charge is 2.18. The predicted octanol–water partition coefficient (Wildman–Crippen LogP) is 4.58. The predicted molar refractivity (Wildman–Crippen MR) is 72.3 cm³/mol. The van der Waals surface area contributed by atoms with Gasteiger partial charge in [-0.1, -0.05) is 45.0 Å². The third-order valence-electron chi connectivity index (χ3n) is 3.15. The summed E-state index contributed by atoms with van der Waals surface area (Å²) in [5, 5.41) is 0. The number of benzene rings is 1. The van der Waals surface area contributed by atoms with Crippen LogP contribution < -0.4 is 0 Å². The molecule has 1 nitrogen and oxygen atoms in total. The minimum atomic E-state index is -1.46. The lowest BCUT2D eigenvalue weighted by molar-refractivity contribution is 0.386. The first kappa shape index (κ1) is 13.7. The summed E-state index contributed by atoms with van der Waals surface area (Å²) in [6, 6.07) is 8.58. The van der Waals surface area contributed by atoms with Crippen molar-refractivity contribution in [2.75, 3.05) is 0 Å². The van der Waals surface area contributed by atoms with Gasteiger partial charge in [-0.2, -0.15) is 0 Å². The zero-order valence-corrected chi connectivity index (χ0v) is 11.3. The summed E-state index contributed by atoms with van der Waals surface area (Å²) in [6.07, 6.45) is 0.969. The van der Waals surface area contributed by atoms with Gasteiger partial charge in [0.15, 0.2) is 6.17 Å². The second-order valence-electron chi connectivity index (χ2n) is 5.63. The molecule has 0 saturated heterocycles. The number of alkyl halides is 1. The van der Waals surface area contributed by atoms with Crippen LogP contribution in [0.4, 0.5) is 8.78 Å². The van der Waals surface area contributed by atoms with Gasteiger partial charge in [0.1, 0.15) is 5.82 Å². The summed E-state index contributed by atoms with van der Waals surface area (Å²) in [4.78, 5) is 3.63. The van der Waals surface area contributed by atoms with Crippen LogP contribution in [0.5, 0.6) is 0 Å². The van der Waals surface area contributed by atoms with E-state index in [1.54, 1.807) is 12.1 Å². The van der Waals surface area contributed by atoms with Gasteiger partial charge in [0.05, 0.1) is 6.20 Å². The highest BCUT2D eigenvalue weighted by Crippen LogP contribution is 2.29. The molecule has 100 valence electrons. The first-order valence-corrected chi connectivity index (χ1v) is 6.23. The Morgan fingerprint density at radius 1 is 1.05 bits per heavy atom. The molecule has 0 aliphatic carbocycles. The quantitative estimate of drug-likeness (QED) is 0.771. The van der Waals surface area contributed by atoms with Crippen LogP contribution in [0.25, 0.3) is 0 Å². The summed E-state index contributed by atoms with van der Waals surface area (Å²) in [5.41, 5.74) is 1.63. The number of halogens is 2. The van der Waals surface area contributed by atoms with Crippen molar-refractivity contribution in [3.8, 4) is 0 Å². The molecule has 0 saturated carbocycles. The maximum atomic E-state index is 14.3. The average Bonchev–Trinajstić information content (AvgIpc) is 2.38. The molecule has 3 heteroatoms. The Kier molecular flexibility index (Phi) is 3.65. The standard InChI is InChI=1S/C16H17F2N/c1-16(2,3)12-6-4-11(5-7-12)15(18)13-8-9-19-10-14(13)17/h4-10,15H,1-3H3. The maximum absolute atomic E-state index is 14.3. The van der Waals surface area contributed by atoms with E-state index in [-0.39, 0.29) is 11.0 Å². The fourth-order valence-corrected chi connectivity index (χ4v) is 1.92. The summed E-state index contributed by atoms with van der Waals surface area (Å²) in [7, 11) is 0. The zero-order valence-electron chi connectivity index (χ0n) is 11.3. The molecule has 2 aromatic rings. The number of nitrogens with zero attached hydrogens (tertiary/aromatic N) is 1. The Morgan fingerprint density at radius 2 is 1.68 bits per heavy atom. The van der Waals surface area contributed by atoms with E-state index in [0.717, 1.165) is 11.8 Å². The number of hydrogen-bond acceptors (Lipinski definition) is 1. The summed E-state index contributed by atoms with van der Waals surface area (Å²) >= 11 is 0. The molecular weight excluding hydrogens is 244 g/mol. The van der Waals surface area contributed by atoms with Crippen LogP contribution in [-0.4, -0.2) is 4.98 Å². The highest BCUT2D eigenvalue weighted by molar-refractivity contribution is 5.33. The van der Waals surface area contributed by atoms with E-state index in [2.05, 4.69) is 25.8 Å². The second kappa shape index (κ2) is 5.08. The summed E-state index contributed by atoms with van der Waals surface area (Å²) < 4.78 is 27.8. The number of rotatable bonds is 2. The summed E-state index contributed by atoms with van der Waals surface area (Å²) in [6.45, 7) is 6.28. The third-order valence-corrected chi connectivity index (χ3v) is 3.15. The fourth-order valence-electron chi connectivity index (χ4n) is 1.92. The lowest BCUT2D eigenvalue weighted by Gasteiger charge is -2.19. The molecule has 0 bridgehead atoms. The molecule has 1 aromatic heterocycles. The fraction of sp³-hybridized carbons (Fsp3) is 0.312. The van der Waals surface area contributed by atoms with E-state index >= 15 is 0 Å². The van der Waals surface area contributed by atoms with Gasteiger partial charge in [0, 0.05) is 11.8 Å². The van der Waals surface area contributed by atoms with E-state index in [9.17, 15) is 8.78 Å². The molecule has 0 radical (unpaired) electrons. The Morgan fingerprint density at radius 3 is 2.21 bits per heavy atom. The van der Waals surface area contributed by atoms with Crippen molar-refractivity contribution >= 4 is 0 Å². The van der Waals surface area contributed by atoms with E-state index in [1.165, 1.54) is 12.3 Å². The van der Waals surface area contributed by atoms with Gasteiger partial charge in [0.25, 0.3) is 0 Å². The number of hydrogen-bond donors (Lipinski definition) is 0. The second-order valence-corrected chi connectivity index (χ2v) is 5.63. The molecule has 1 heterocycles. The van der Waals surface area contributed by atoms with Crippen LogP contribution in [-0.2, 0) is 5.41 Å². The molecule has 1 aromatic carbocycles. The van der Waals surface area contributed by atoms with Crippen molar-refractivity contribution in [2.45, 2.75) is 32.4 Å². The van der Waals surface area contributed by atoms with Gasteiger partial charge in [-0.25, -0.2) is 8.78 Å². The first-order chi connectivity index (χ1) is 8.89. The monoisotopic (exact) mass is 261 g/mol. The van der Waals surface area contributed by atoms with Crippen molar-refractivity contribution in [3.05, 3.63) is 65.2 Å². The van der Waals surface area contributed by atoms with Crippen LogP contribution in [0, 0.1) is 5.82 Å². The van der Waals surface area contributed by atoms with Crippen molar-refractivity contribution in [1.29, 1.82) is 0 Å². The van der Waals surface area contributed by atoms with E-state index in [4.69, 9.17) is 0 Å². The van der Waals surface area contributed by atoms with Gasteiger partial charge >= 0.3 is 0 Å². The largest absolute Gasteiger partial charge is 0.262 e. The van der Waals surface area contributed by atoms with Crippen molar-refractivity contribution in [1.82, 2.24) is 4.98 Å². The molecule has 2 rings (SSSR count). The molecule has 1 atom stereocenters. The van der Waals surface area contributed by atoms with E-state index in [0.29, 0.717) is 5.56 Å². The van der Waals surface area contributed by atoms with E-state index in [1.807, 2.05) is 12.1 Å². The lowest BCUT2D eigenvalue weighted by Crippen LogP contribution is -2.11. The van der Waals surface area contributed by atoms with Crippen LogP contribution in [0.15, 0.2) is 42.7 Å². The van der Waals surface area contributed by atoms with Crippen LogP contribution in [0.1, 0.15) is 43.6 Å².